The van der Waals surface area contributed by atoms with Gasteiger partial charge in [0, 0.05) is 5.56 Å². The Kier molecular flexibility index (Phi) is 2.18. The predicted molar refractivity (Wildman–Crippen MR) is 83.4 cm³/mol. The fourth-order valence-electron chi connectivity index (χ4n) is 2.91. The largest absolute Gasteiger partial charge is 0.281 e. The van der Waals surface area contributed by atoms with Gasteiger partial charge in [0.15, 0.2) is 0 Å². The van der Waals surface area contributed by atoms with E-state index in [2.05, 4.69) is 52.3 Å². The molecule has 0 unspecified atom stereocenters. The van der Waals surface area contributed by atoms with E-state index in [9.17, 15) is 4.79 Å². The van der Waals surface area contributed by atoms with E-state index in [0.29, 0.717) is 0 Å². The second-order valence-electron chi connectivity index (χ2n) is 4.74. The van der Waals surface area contributed by atoms with Crippen LogP contribution in [0.25, 0.3) is 32.3 Å². The van der Waals surface area contributed by atoms with Crippen molar-refractivity contribution in [3.63, 3.8) is 0 Å². The topological polar surface area (TPSA) is 17.1 Å². The highest BCUT2D eigenvalue weighted by molar-refractivity contribution is 9.18. The maximum Gasteiger partial charge on any atom is 0.228 e. The van der Waals surface area contributed by atoms with Crippen LogP contribution in [0.4, 0.5) is 0 Å². The summed E-state index contributed by atoms with van der Waals surface area (Å²) in [5.74, 6) is 0. The molecule has 0 aliphatic carbocycles. The smallest absolute Gasteiger partial charge is 0.228 e. The first-order chi connectivity index (χ1) is 9.25. The van der Waals surface area contributed by atoms with Gasteiger partial charge in [0.25, 0.3) is 0 Å². The fraction of sp³-hybridized carbons (Fsp3) is 0. The lowest BCUT2D eigenvalue weighted by molar-refractivity contribution is 0.109. The van der Waals surface area contributed by atoms with Crippen LogP contribution in [0.1, 0.15) is 10.4 Å². The Bertz CT molecular complexity index is 924. The van der Waals surface area contributed by atoms with Crippen molar-refractivity contribution in [2.75, 3.05) is 0 Å². The van der Waals surface area contributed by atoms with E-state index in [-0.39, 0.29) is 4.69 Å². The van der Waals surface area contributed by atoms with Gasteiger partial charge in [0.05, 0.1) is 0 Å². The summed E-state index contributed by atoms with van der Waals surface area (Å²) in [6.07, 6.45) is 0. The highest BCUT2D eigenvalue weighted by Gasteiger charge is 2.12. The molecule has 0 amide bonds. The lowest BCUT2D eigenvalue weighted by atomic mass is 9.92. The monoisotopic (exact) mass is 308 g/mol. The second-order valence-corrected chi connectivity index (χ2v) is 5.46. The predicted octanol–water partition coefficient (Wildman–Crippen LogP) is 5.12. The summed E-state index contributed by atoms with van der Waals surface area (Å²) < 4.78 is -0.0644. The Morgan fingerprint density at radius 2 is 1.32 bits per heavy atom. The van der Waals surface area contributed by atoms with Gasteiger partial charge in [0.2, 0.25) is 4.69 Å². The van der Waals surface area contributed by atoms with Gasteiger partial charge in [-0.25, -0.2) is 0 Å². The molecule has 90 valence electrons. The molecule has 0 aliphatic rings. The quantitative estimate of drug-likeness (QED) is 0.352. The Morgan fingerprint density at radius 1 is 0.737 bits per heavy atom. The second kappa shape index (κ2) is 3.78. The summed E-state index contributed by atoms with van der Waals surface area (Å²) in [5.41, 5.74) is 0.728. The SMILES string of the molecule is O=C(Br)c1ccc2ccc3cccc4ccc1c2c34. The number of halogens is 1. The Labute approximate surface area is 118 Å². The zero-order valence-electron chi connectivity index (χ0n) is 9.98. The van der Waals surface area contributed by atoms with Crippen molar-refractivity contribution in [3.05, 3.63) is 60.2 Å². The molecule has 4 aromatic rings. The first-order valence-corrected chi connectivity index (χ1v) is 6.91. The van der Waals surface area contributed by atoms with Crippen LogP contribution in [0.3, 0.4) is 0 Å². The van der Waals surface area contributed by atoms with Crippen LogP contribution in [-0.4, -0.2) is 4.69 Å². The maximum atomic E-state index is 11.7. The van der Waals surface area contributed by atoms with E-state index in [1.165, 1.54) is 26.9 Å². The van der Waals surface area contributed by atoms with Gasteiger partial charge < -0.3 is 0 Å². The molecule has 0 heterocycles. The van der Waals surface area contributed by atoms with E-state index < -0.39 is 0 Å². The zero-order valence-corrected chi connectivity index (χ0v) is 11.6. The lowest BCUT2D eigenvalue weighted by Gasteiger charge is -2.12. The van der Waals surface area contributed by atoms with Gasteiger partial charge in [-0.15, -0.1) is 0 Å². The third-order valence-corrected chi connectivity index (χ3v) is 4.17. The van der Waals surface area contributed by atoms with Crippen molar-refractivity contribution in [2.45, 2.75) is 0 Å². The van der Waals surface area contributed by atoms with Crippen LogP contribution >= 0.6 is 15.9 Å². The van der Waals surface area contributed by atoms with Crippen molar-refractivity contribution in [3.8, 4) is 0 Å². The first-order valence-electron chi connectivity index (χ1n) is 6.12. The van der Waals surface area contributed by atoms with Gasteiger partial charge in [-0.3, -0.25) is 4.79 Å². The number of carbonyl (C=O) groups is 1. The van der Waals surface area contributed by atoms with E-state index in [1.54, 1.807) is 0 Å². The fourth-order valence-corrected chi connectivity index (χ4v) is 3.25. The van der Waals surface area contributed by atoms with Gasteiger partial charge in [0.1, 0.15) is 0 Å². The van der Waals surface area contributed by atoms with Crippen molar-refractivity contribution in [1.29, 1.82) is 0 Å². The van der Waals surface area contributed by atoms with Gasteiger partial charge in [-0.05, 0) is 54.3 Å². The number of hydrogen-bond acceptors (Lipinski definition) is 1. The van der Waals surface area contributed by atoms with Crippen molar-refractivity contribution >= 4 is 52.9 Å². The average molecular weight is 309 g/mol. The number of carbonyl (C=O) groups excluding carboxylic acids is 1. The molecule has 0 saturated carbocycles. The molecule has 0 spiro atoms. The summed E-state index contributed by atoms with van der Waals surface area (Å²) >= 11 is 3.07. The number of benzene rings is 4. The van der Waals surface area contributed by atoms with E-state index in [0.717, 1.165) is 10.9 Å². The van der Waals surface area contributed by atoms with Crippen LogP contribution in [0, 0.1) is 0 Å². The summed E-state index contributed by atoms with van der Waals surface area (Å²) in [6.45, 7) is 0. The Hall–Kier alpha value is -1.93. The van der Waals surface area contributed by atoms with E-state index >= 15 is 0 Å². The summed E-state index contributed by atoms with van der Waals surface area (Å²) in [5, 5.41) is 7.05. The molecule has 0 aromatic heterocycles. The highest BCUT2D eigenvalue weighted by atomic mass is 79.9. The molecule has 0 radical (unpaired) electrons. The molecule has 1 nitrogen and oxygen atoms in total. The lowest BCUT2D eigenvalue weighted by Crippen LogP contribution is -1.92. The Balaban J connectivity index is 2.38. The Morgan fingerprint density at radius 3 is 2.00 bits per heavy atom. The molecular weight excluding hydrogens is 300 g/mol. The minimum absolute atomic E-state index is 0.0644. The van der Waals surface area contributed by atoms with E-state index in [4.69, 9.17) is 0 Å². The van der Waals surface area contributed by atoms with E-state index in [1.807, 2.05) is 18.2 Å². The minimum atomic E-state index is -0.0644. The summed E-state index contributed by atoms with van der Waals surface area (Å²) in [7, 11) is 0. The third kappa shape index (κ3) is 1.44. The molecule has 0 saturated heterocycles. The number of rotatable bonds is 1. The van der Waals surface area contributed by atoms with Crippen LogP contribution in [-0.2, 0) is 0 Å². The minimum Gasteiger partial charge on any atom is -0.281 e. The highest BCUT2D eigenvalue weighted by Crippen LogP contribution is 2.36. The molecule has 4 rings (SSSR count). The van der Waals surface area contributed by atoms with Gasteiger partial charge >= 0.3 is 0 Å². The molecule has 4 aromatic carbocycles. The molecule has 0 bridgehead atoms. The molecule has 0 aliphatic heterocycles. The first kappa shape index (κ1) is 10.9. The molecule has 0 fully saturated rings. The standard InChI is InChI=1S/C17H9BrO/c18-17(19)14-9-7-12-5-4-10-2-1-3-11-6-8-13(14)16(12)15(10)11/h1-9H. The maximum absolute atomic E-state index is 11.7. The van der Waals surface area contributed by atoms with Crippen molar-refractivity contribution < 1.29 is 4.79 Å². The third-order valence-electron chi connectivity index (χ3n) is 3.74. The zero-order chi connectivity index (χ0) is 13.0. The van der Waals surface area contributed by atoms with Crippen LogP contribution in [0.2, 0.25) is 0 Å². The summed E-state index contributed by atoms with van der Waals surface area (Å²) in [6, 6.07) is 18.6. The summed E-state index contributed by atoms with van der Waals surface area (Å²) in [4.78, 5) is 11.7. The van der Waals surface area contributed by atoms with Gasteiger partial charge in [-0.1, -0.05) is 48.5 Å². The van der Waals surface area contributed by atoms with Gasteiger partial charge in [-0.2, -0.15) is 0 Å². The average Bonchev–Trinajstić information content (AvgIpc) is 2.44. The van der Waals surface area contributed by atoms with Crippen LogP contribution in [0.15, 0.2) is 54.6 Å². The molecule has 0 atom stereocenters. The number of hydrogen-bond donors (Lipinski definition) is 0. The van der Waals surface area contributed by atoms with Crippen molar-refractivity contribution in [1.82, 2.24) is 0 Å². The van der Waals surface area contributed by atoms with Crippen LogP contribution < -0.4 is 0 Å². The normalized spacial score (nSPS) is 11.6. The molecule has 0 N–H and O–H groups in total. The van der Waals surface area contributed by atoms with Crippen LogP contribution in [0.5, 0.6) is 0 Å². The molecular formula is C17H9BrO. The van der Waals surface area contributed by atoms with Crippen molar-refractivity contribution in [2.24, 2.45) is 0 Å². The molecule has 2 heteroatoms. The molecule has 19 heavy (non-hydrogen) atoms.